The number of carbonyl (C=O) groups excluding carboxylic acids is 1. The van der Waals surface area contributed by atoms with Crippen LogP contribution in [0, 0.1) is 6.92 Å². The van der Waals surface area contributed by atoms with Gasteiger partial charge in [-0.3, -0.25) is 4.79 Å². The number of aromatic nitrogens is 2. The fraction of sp³-hybridized carbons (Fsp3) is 0.182. The lowest BCUT2D eigenvalue weighted by molar-refractivity contribution is 0.0954. The van der Waals surface area contributed by atoms with Crippen molar-refractivity contribution in [3.63, 3.8) is 0 Å². The van der Waals surface area contributed by atoms with Crippen molar-refractivity contribution in [2.24, 2.45) is 0 Å². The van der Waals surface area contributed by atoms with E-state index in [-0.39, 0.29) is 17.3 Å². The largest absolute Gasteiger partial charge is 0.347 e. The summed E-state index contributed by atoms with van der Waals surface area (Å²) < 4.78 is 25.9. The summed E-state index contributed by atoms with van der Waals surface area (Å²) >= 11 is 1.03. The van der Waals surface area contributed by atoms with Gasteiger partial charge in [-0.05, 0) is 36.2 Å². The minimum Gasteiger partial charge on any atom is -0.347 e. The molecule has 0 aliphatic rings. The van der Waals surface area contributed by atoms with E-state index < -0.39 is 9.05 Å². The second-order valence-electron chi connectivity index (χ2n) is 3.95. The van der Waals surface area contributed by atoms with Gasteiger partial charge in [-0.1, -0.05) is 16.6 Å². The van der Waals surface area contributed by atoms with Crippen LogP contribution in [0.25, 0.3) is 0 Å². The first-order valence-corrected chi connectivity index (χ1v) is 8.57. The molecule has 0 unspecified atom stereocenters. The third-order valence-corrected chi connectivity index (χ3v) is 4.71. The van der Waals surface area contributed by atoms with Gasteiger partial charge in [0.25, 0.3) is 15.0 Å². The maximum atomic E-state index is 11.8. The standard InChI is InChI=1S/C11H10ClN3O3S2/c1-7-10(19-15-14-7)11(16)13-6-8-2-4-9(5-3-8)20(12,17)18/h2-5H,6H2,1H3,(H,13,16). The Morgan fingerprint density at radius 2 is 2.00 bits per heavy atom. The lowest BCUT2D eigenvalue weighted by Crippen LogP contribution is -2.22. The number of amides is 1. The molecule has 1 heterocycles. The smallest absolute Gasteiger partial charge is 0.265 e. The van der Waals surface area contributed by atoms with Gasteiger partial charge in [0, 0.05) is 17.2 Å². The van der Waals surface area contributed by atoms with Gasteiger partial charge in [-0.25, -0.2) is 8.42 Å². The molecule has 1 aromatic carbocycles. The molecule has 20 heavy (non-hydrogen) atoms. The fourth-order valence-electron chi connectivity index (χ4n) is 1.47. The fourth-order valence-corrected chi connectivity index (χ4v) is 2.81. The Kier molecular flexibility index (Phi) is 4.36. The molecule has 1 amide bonds. The van der Waals surface area contributed by atoms with Crippen LogP contribution < -0.4 is 5.32 Å². The summed E-state index contributed by atoms with van der Waals surface area (Å²) in [5.74, 6) is -0.258. The van der Waals surface area contributed by atoms with Crippen molar-refractivity contribution in [2.75, 3.05) is 0 Å². The zero-order valence-corrected chi connectivity index (χ0v) is 12.7. The highest BCUT2D eigenvalue weighted by atomic mass is 35.7. The van der Waals surface area contributed by atoms with Crippen LogP contribution in [0.5, 0.6) is 0 Å². The predicted molar refractivity (Wildman–Crippen MR) is 75.3 cm³/mol. The molecule has 0 bridgehead atoms. The molecular weight excluding hydrogens is 322 g/mol. The first-order valence-electron chi connectivity index (χ1n) is 5.48. The monoisotopic (exact) mass is 331 g/mol. The molecule has 0 radical (unpaired) electrons. The summed E-state index contributed by atoms with van der Waals surface area (Å²) in [6.07, 6.45) is 0. The van der Waals surface area contributed by atoms with Crippen LogP contribution in [0.15, 0.2) is 29.2 Å². The highest BCUT2D eigenvalue weighted by Crippen LogP contribution is 2.15. The minimum absolute atomic E-state index is 0.0248. The maximum absolute atomic E-state index is 11.8. The molecule has 1 N–H and O–H groups in total. The average molecular weight is 332 g/mol. The first kappa shape index (κ1) is 14.9. The summed E-state index contributed by atoms with van der Waals surface area (Å²) in [5.41, 5.74) is 1.34. The van der Waals surface area contributed by atoms with Crippen molar-refractivity contribution in [3.8, 4) is 0 Å². The molecule has 0 spiro atoms. The number of aryl methyl sites for hydroxylation is 1. The normalized spacial score (nSPS) is 11.3. The molecular formula is C11H10ClN3O3S2. The Balaban J connectivity index is 2.02. The van der Waals surface area contributed by atoms with Gasteiger partial charge >= 0.3 is 0 Å². The number of halogens is 1. The molecule has 0 saturated carbocycles. The molecule has 2 aromatic rings. The third-order valence-electron chi connectivity index (χ3n) is 2.52. The van der Waals surface area contributed by atoms with Crippen molar-refractivity contribution in [1.82, 2.24) is 14.9 Å². The molecule has 0 saturated heterocycles. The number of nitrogens with zero attached hydrogens (tertiary/aromatic N) is 2. The lowest BCUT2D eigenvalue weighted by Gasteiger charge is -2.04. The zero-order valence-electron chi connectivity index (χ0n) is 10.3. The SMILES string of the molecule is Cc1nnsc1C(=O)NCc1ccc(S(=O)(=O)Cl)cc1. The van der Waals surface area contributed by atoms with Gasteiger partial charge in [0.1, 0.15) is 4.88 Å². The summed E-state index contributed by atoms with van der Waals surface area (Å²) in [4.78, 5) is 12.3. The van der Waals surface area contributed by atoms with Gasteiger partial charge in [-0.15, -0.1) is 5.10 Å². The van der Waals surface area contributed by atoms with Crippen molar-refractivity contribution < 1.29 is 13.2 Å². The molecule has 9 heteroatoms. The van der Waals surface area contributed by atoms with E-state index in [9.17, 15) is 13.2 Å². The van der Waals surface area contributed by atoms with Crippen LogP contribution in [-0.4, -0.2) is 23.9 Å². The molecule has 6 nitrogen and oxygen atoms in total. The third kappa shape index (κ3) is 3.53. The Morgan fingerprint density at radius 3 is 2.50 bits per heavy atom. The summed E-state index contributed by atoms with van der Waals surface area (Å²) in [6.45, 7) is 1.98. The second-order valence-corrected chi connectivity index (χ2v) is 7.27. The summed E-state index contributed by atoms with van der Waals surface area (Å²) in [6, 6.07) is 5.97. The first-order chi connectivity index (χ1) is 9.38. The Bertz CT molecular complexity index is 726. The molecule has 0 atom stereocenters. The van der Waals surface area contributed by atoms with E-state index >= 15 is 0 Å². The minimum atomic E-state index is -3.72. The number of rotatable bonds is 4. The van der Waals surface area contributed by atoms with Gasteiger partial charge in [0.05, 0.1) is 10.6 Å². The number of hydrogen-bond acceptors (Lipinski definition) is 6. The average Bonchev–Trinajstić information content (AvgIpc) is 2.82. The number of carbonyl (C=O) groups is 1. The van der Waals surface area contributed by atoms with E-state index in [2.05, 4.69) is 14.9 Å². The van der Waals surface area contributed by atoms with Gasteiger partial charge in [0.2, 0.25) is 0 Å². The summed E-state index contributed by atoms with van der Waals surface area (Å²) in [7, 11) is 1.49. The van der Waals surface area contributed by atoms with Crippen LogP contribution in [0.2, 0.25) is 0 Å². The maximum Gasteiger partial charge on any atom is 0.265 e. The number of hydrogen-bond donors (Lipinski definition) is 1. The zero-order chi connectivity index (χ0) is 14.8. The molecule has 0 fully saturated rings. The van der Waals surface area contributed by atoms with E-state index in [1.165, 1.54) is 12.1 Å². The van der Waals surface area contributed by atoms with Crippen LogP contribution in [0.1, 0.15) is 20.9 Å². The predicted octanol–water partition coefficient (Wildman–Crippen LogP) is 1.70. The molecule has 1 aromatic heterocycles. The van der Waals surface area contributed by atoms with Crippen LogP contribution in [-0.2, 0) is 15.6 Å². The highest BCUT2D eigenvalue weighted by Gasteiger charge is 2.13. The Labute approximate surface area is 124 Å². The van der Waals surface area contributed by atoms with Crippen molar-refractivity contribution >= 4 is 37.2 Å². The lowest BCUT2D eigenvalue weighted by atomic mass is 10.2. The number of benzene rings is 1. The van der Waals surface area contributed by atoms with Gasteiger partial charge < -0.3 is 5.32 Å². The molecule has 106 valence electrons. The van der Waals surface area contributed by atoms with Crippen molar-refractivity contribution in [2.45, 2.75) is 18.4 Å². The second kappa shape index (κ2) is 5.86. The van der Waals surface area contributed by atoms with E-state index in [4.69, 9.17) is 10.7 Å². The van der Waals surface area contributed by atoms with Crippen molar-refractivity contribution in [1.29, 1.82) is 0 Å². The quantitative estimate of drug-likeness (QED) is 0.861. The molecule has 0 aliphatic carbocycles. The van der Waals surface area contributed by atoms with E-state index in [0.717, 1.165) is 17.1 Å². The van der Waals surface area contributed by atoms with Crippen LogP contribution in [0.3, 0.4) is 0 Å². The van der Waals surface area contributed by atoms with Gasteiger partial charge in [0.15, 0.2) is 0 Å². The van der Waals surface area contributed by atoms with Crippen molar-refractivity contribution in [3.05, 3.63) is 40.4 Å². The van der Waals surface area contributed by atoms with Crippen LogP contribution in [0.4, 0.5) is 0 Å². The topological polar surface area (TPSA) is 89.0 Å². The number of nitrogens with one attached hydrogen (secondary N) is 1. The Hall–Kier alpha value is -1.51. The van der Waals surface area contributed by atoms with E-state index in [1.54, 1.807) is 19.1 Å². The van der Waals surface area contributed by atoms with Crippen LogP contribution >= 0.6 is 22.2 Å². The summed E-state index contributed by atoms with van der Waals surface area (Å²) in [5, 5.41) is 6.47. The van der Waals surface area contributed by atoms with Gasteiger partial charge in [-0.2, -0.15) is 0 Å². The van der Waals surface area contributed by atoms with E-state index in [1.807, 2.05) is 0 Å². The highest BCUT2D eigenvalue weighted by molar-refractivity contribution is 8.13. The Morgan fingerprint density at radius 1 is 1.35 bits per heavy atom. The molecule has 2 rings (SSSR count). The molecule has 0 aliphatic heterocycles. The van der Waals surface area contributed by atoms with E-state index in [0.29, 0.717) is 10.6 Å².